The fraction of sp³-hybridized carbons (Fsp3) is 0.583. The average Bonchev–Trinajstić information content (AvgIpc) is 2.96. The second-order valence-corrected chi connectivity index (χ2v) is 5.71. The summed E-state index contributed by atoms with van der Waals surface area (Å²) in [6.07, 6.45) is 4.69. The van der Waals surface area contributed by atoms with Gasteiger partial charge in [0.2, 0.25) is 0 Å². The molecular weight excluding hydrogens is 236 g/mol. The molecule has 1 aliphatic rings. The minimum absolute atomic E-state index is 0.645. The topological polar surface area (TPSA) is 29.3 Å². The van der Waals surface area contributed by atoms with E-state index in [1.165, 1.54) is 18.4 Å². The maximum absolute atomic E-state index is 5.52. The van der Waals surface area contributed by atoms with Crippen LogP contribution in [0.4, 0.5) is 0 Å². The highest BCUT2D eigenvalue weighted by Gasteiger charge is 2.28. The first-order chi connectivity index (χ1) is 7.75. The normalized spacial score (nSPS) is 15.6. The number of hydrogen-bond acceptors (Lipinski definition) is 3. The number of hydrogen-bond donors (Lipinski definition) is 1. The smallest absolute Gasteiger partial charge is 0.0727 e. The summed E-state index contributed by atoms with van der Waals surface area (Å²) in [7, 11) is 0. The van der Waals surface area contributed by atoms with Gasteiger partial charge in [0.15, 0.2) is 0 Å². The van der Waals surface area contributed by atoms with Crippen molar-refractivity contribution < 1.29 is 0 Å². The Bertz CT molecular complexity index is 331. The van der Waals surface area contributed by atoms with Crippen LogP contribution in [0.25, 0.3) is 0 Å². The number of thiocarbonyl (C=S) groups is 1. The molecule has 16 heavy (non-hydrogen) atoms. The van der Waals surface area contributed by atoms with E-state index in [4.69, 9.17) is 18.0 Å². The van der Waals surface area contributed by atoms with E-state index in [0.29, 0.717) is 4.99 Å². The third-order valence-electron chi connectivity index (χ3n) is 2.90. The van der Waals surface area contributed by atoms with E-state index in [1.807, 2.05) is 0 Å². The van der Waals surface area contributed by atoms with Gasteiger partial charge in [-0.1, -0.05) is 12.2 Å². The summed E-state index contributed by atoms with van der Waals surface area (Å²) in [5, 5.41) is 4.39. The molecule has 0 aliphatic heterocycles. The van der Waals surface area contributed by atoms with E-state index in [1.54, 1.807) is 11.3 Å². The highest BCUT2D eigenvalue weighted by molar-refractivity contribution is 7.80. The van der Waals surface area contributed by atoms with E-state index in [0.717, 1.165) is 32.0 Å². The summed E-state index contributed by atoms with van der Waals surface area (Å²) < 4.78 is 0. The van der Waals surface area contributed by atoms with Crippen molar-refractivity contribution in [3.63, 3.8) is 0 Å². The zero-order valence-corrected chi connectivity index (χ0v) is 11.0. The lowest BCUT2D eigenvalue weighted by Crippen LogP contribution is -2.27. The molecule has 1 fully saturated rings. The molecule has 0 atom stereocenters. The quantitative estimate of drug-likeness (QED) is 0.759. The second kappa shape index (κ2) is 5.75. The van der Waals surface area contributed by atoms with Crippen molar-refractivity contribution in [3.8, 4) is 0 Å². The molecule has 0 radical (unpaired) electrons. The van der Waals surface area contributed by atoms with Gasteiger partial charge in [-0.05, 0) is 54.6 Å². The molecule has 0 bridgehead atoms. The zero-order chi connectivity index (χ0) is 11.4. The van der Waals surface area contributed by atoms with Crippen LogP contribution >= 0.6 is 23.6 Å². The van der Waals surface area contributed by atoms with E-state index in [9.17, 15) is 0 Å². The molecule has 0 spiro atoms. The molecule has 88 valence electrons. The minimum Gasteiger partial charge on any atom is -0.393 e. The van der Waals surface area contributed by atoms with Gasteiger partial charge >= 0.3 is 0 Å². The predicted molar refractivity (Wildman–Crippen MR) is 73.8 cm³/mol. The Balaban J connectivity index is 1.78. The Morgan fingerprint density at radius 3 is 2.94 bits per heavy atom. The first-order valence-electron chi connectivity index (χ1n) is 5.79. The Morgan fingerprint density at radius 2 is 2.38 bits per heavy atom. The lowest BCUT2D eigenvalue weighted by atomic mass is 10.2. The highest BCUT2D eigenvalue weighted by Crippen LogP contribution is 2.28. The molecule has 1 heterocycles. The molecular formula is C12H18N2S2. The van der Waals surface area contributed by atoms with E-state index in [2.05, 4.69) is 21.7 Å². The molecule has 2 nitrogen and oxygen atoms in total. The molecule has 1 aliphatic carbocycles. The van der Waals surface area contributed by atoms with Gasteiger partial charge in [-0.3, -0.25) is 4.90 Å². The van der Waals surface area contributed by atoms with Gasteiger partial charge in [-0.25, -0.2) is 0 Å². The highest BCUT2D eigenvalue weighted by atomic mass is 32.1. The van der Waals surface area contributed by atoms with E-state index < -0.39 is 0 Å². The maximum Gasteiger partial charge on any atom is 0.0727 e. The number of thiophene rings is 1. The SMILES string of the molecule is NC(=S)CCCN(Cc1ccsc1)C1CC1. The molecule has 2 N–H and O–H groups in total. The molecule has 0 saturated heterocycles. The number of nitrogens with zero attached hydrogens (tertiary/aromatic N) is 1. The van der Waals surface area contributed by atoms with Crippen LogP contribution in [0.1, 0.15) is 31.2 Å². The van der Waals surface area contributed by atoms with Crippen LogP contribution < -0.4 is 5.73 Å². The van der Waals surface area contributed by atoms with Gasteiger partial charge in [0.05, 0.1) is 4.99 Å². The van der Waals surface area contributed by atoms with Crippen molar-refractivity contribution in [2.24, 2.45) is 5.73 Å². The van der Waals surface area contributed by atoms with Crippen molar-refractivity contribution in [2.45, 2.75) is 38.3 Å². The van der Waals surface area contributed by atoms with Crippen LogP contribution in [0, 0.1) is 0 Å². The van der Waals surface area contributed by atoms with Crippen molar-refractivity contribution in [1.29, 1.82) is 0 Å². The molecule has 1 aromatic heterocycles. The average molecular weight is 254 g/mol. The molecule has 0 aromatic carbocycles. The van der Waals surface area contributed by atoms with Crippen molar-refractivity contribution in [1.82, 2.24) is 4.90 Å². The zero-order valence-electron chi connectivity index (χ0n) is 9.39. The fourth-order valence-electron chi connectivity index (χ4n) is 1.90. The van der Waals surface area contributed by atoms with Gasteiger partial charge in [-0.15, -0.1) is 0 Å². The monoisotopic (exact) mass is 254 g/mol. The number of nitrogens with two attached hydrogens (primary N) is 1. The summed E-state index contributed by atoms with van der Waals surface area (Å²) in [5.74, 6) is 0. The number of rotatable bonds is 7. The van der Waals surface area contributed by atoms with Gasteiger partial charge in [-0.2, -0.15) is 11.3 Å². The van der Waals surface area contributed by atoms with Crippen LogP contribution in [0.5, 0.6) is 0 Å². The van der Waals surface area contributed by atoms with Crippen molar-refractivity contribution in [2.75, 3.05) is 6.54 Å². The predicted octanol–water partition coefficient (Wildman–Crippen LogP) is 2.78. The van der Waals surface area contributed by atoms with Crippen LogP contribution in [0.2, 0.25) is 0 Å². The third kappa shape index (κ3) is 3.85. The van der Waals surface area contributed by atoms with Crippen LogP contribution in [-0.2, 0) is 6.54 Å². The van der Waals surface area contributed by atoms with Gasteiger partial charge in [0.25, 0.3) is 0 Å². The summed E-state index contributed by atoms with van der Waals surface area (Å²) >= 11 is 6.68. The maximum atomic E-state index is 5.52. The summed E-state index contributed by atoms with van der Waals surface area (Å²) in [6, 6.07) is 3.03. The van der Waals surface area contributed by atoms with Crippen molar-refractivity contribution >= 4 is 28.5 Å². The molecule has 1 saturated carbocycles. The van der Waals surface area contributed by atoms with Crippen molar-refractivity contribution in [3.05, 3.63) is 22.4 Å². The molecule has 2 rings (SSSR count). The van der Waals surface area contributed by atoms with Gasteiger partial charge in [0.1, 0.15) is 0 Å². The molecule has 4 heteroatoms. The largest absolute Gasteiger partial charge is 0.393 e. The third-order valence-corrected chi connectivity index (χ3v) is 3.83. The standard InChI is InChI=1S/C12H18N2S2/c13-12(15)2-1-6-14(11-3-4-11)8-10-5-7-16-9-10/h5,7,9,11H,1-4,6,8H2,(H2,13,15). The molecule has 1 aromatic rings. The van der Waals surface area contributed by atoms with Gasteiger partial charge < -0.3 is 5.73 Å². The Labute approximate surface area is 106 Å². The summed E-state index contributed by atoms with van der Waals surface area (Å²) in [5.41, 5.74) is 6.96. The lowest BCUT2D eigenvalue weighted by molar-refractivity contribution is 0.253. The van der Waals surface area contributed by atoms with Crippen LogP contribution in [0.3, 0.4) is 0 Å². The second-order valence-electron chi connectivity index (χ2n) is 4.40. The van der Waals surface area contributed by atoms with E-state index in [-0.39, 0.29) is 0 Å². The van der Waals surface area contributed by atoms with Crippen LogP contribution in [0.15, 0.2) is 16.8 Å². The Morgan fingerprint density at radius 1 is 1.56 bits per heavy atom. The van der Waals surface area contributed by atoms with Crippen LogP contribution in [-0.4, -0.2) is 22.5 Å². The first kappa shape index (κ1) is 12.0. The molecule has 0 unspecified atom stereocenters. The lowest BCUT2D eigenvalue weighted by Gasteiger charge is -2.21. The summed E-state index contributed by atoms with van der Waals surface area (Å²) in [6.45, 7) is 2.21. The minimum atomic E-state index is 0.645. The first-order valence-corrected chi connectivity index (χ1v) is 7.14. The summed E-state index contributed by atoms with van der Waals surface area (Å²) in [4.78, 5) is 3.21. The molecule has 0 amide bonds. The fourth-order valence-corrected chi connectivity index (χ4v) is 2.71. The van der Waals surface area contributed by atoms with E-state index >= 15 is 0 Å². The Kier molecular flexibility index (Phi) is 4.32. The van der Waals surface area contributed by atoms with Gasteiger partial charge in [0, 0.05) is 12.6 Å². The Hall–Kier alpha value is -0.450.